The van der Waals surface area contributed by atoms with E-state index in [9.17, 15) is 38.7 Å². The minimum atomic E-state index is -1.10. The summed E-state index contributed by atoms with van der Waals surface area (Å²) in [5.41, 5.74) is 19.1. The Morgan fingerprint density at radius 3 is 1.61 bits per heavy atom. The monoisotopic (exact) mass is 856 g/mol. The highest BCUT2D eigenvalue weighted by molar-refractivity contribution is 5.98. The minimum Gasteiger partial charge on any atom is -0.480 e. The van der Waals surface area contributed by atoms with E-state index in [1.165, 1.54) is 19.6 Å². The van der Waals surface area contributed by atoms with Crippen molar-refractivity contribution in [3.8, 4) is 0 Å². The van der Waals surface area contributed by atoms with Crippen molar-refractivity contribution < 1.29 is 38.7 Å². The number of nitrogens with zero attached hydrogens (tertiary/aromatic N) is 5. The number of aliphatic carboxylic acids is 1. The number of carbonyl (C=O) groups is 7. The molecular weight excluding hydrogens is 797 g/mol. The van der Waals surface area contributed by atoms with Gasteiger partial charge in [-0.2, -0.15) is 0 Å². The molecule has 7 atom stereocenters. The molecule has 334 valence electrons. The van der Waals surface area contributed by atoms with Crippen LogP contribution in [0.25, 0.3) is 0 Å². The Labute approximate surface area is 361 Å². The third kappa shape index (κ3) is 11.1. The van der Waals surface area contributed by atoms with Gasteiger partial charge in [0.1, 0.15) is 36.3 Å². The first-order chi connectivity index (χ1) is 29.8. The first-order valence-electron chi connectivity index (χ1n) is 21.8. The molecule has 4 aliphatic rings. The number of hydrogen-bond acceptors (Lipinski definition) is 9. The van der Waals surface area contributed by atoms with Crippen LogP contribution in [-0.4, -0.2) is 147 Å². The van der Waals surface area contributed by atoms with Gasteiger partial charge in [-0.1, -0.05) is 60.7 Å². The van der Waals surface area contributed by atoms with Crippen molar-refractivity contribution in [1.82, 2.24) is 30.2 Å². The number of benzene rings is 2. The summed E-state index contributed by atoms with van der Waals surface area (Å²) >= 11 is 0. The first-order valence-corrected chi connectivity index (χ1v) is 21.8. The maximum Gasteiger partial charge on any atom is 0.326 e. The molecule has 4 heterocycles. The topological polar surface area (TPSA) is 267 Å². The molecule has 6 rings (SSSR count). The van der Waals surface area contributed by atoms with Crippen LogP contribution in [0.1, 0.15) is 75.3 Å². The van der Waals surface area contributed by atoms with Gasteiger partial charge in [0, 0.05) is 39.1 Å². The molecule has 18 heteroatoms. The highest BCUT2D eigenvalue weighted by atomic mass is 16.4. The summed E-state index contributed by atoms with van der Waals surface area (Å²) in [4.78, 5) is 106. The van der Waals surface area contributed by atoms with Crippen molar-refractivity contribution >= 4 is 47.4 Å². The van der Waals surface area contributed by atoms with Gasteiger partial charge in [0.2, 0.25) is 35.4 Å². The number of amides is 6. The van der Waals surface area contributed by atoms with Gasteiger partial charge in [0.15, 0.2) is 5.96 Å². The number of guanidine groups is 1. The Balaban J connectivity index is 1.17. The lowest BCUT2D eigenvalue weighted by Gasteiger charge is -2.34. The fourth-order valence-corrected chi connectivity index (χ4v) is 9.29. The largest absolute Gasteiger partial charge is 0.480 e. The zero-order chi connectivity index (χ0) is 44.3. The van der Waals surface area contributed by atoms with Crippen molar-refractivity contribution in [3.63, 3.8) is 0 Å². The molecule has 2 aromatic carbocycles. The van der Waals surface area contributed by atoms with Crippen LogP contribution in [0.2, 0.25) is 0 Å². The second-order valence-corrected chi connectivity index (χ2v) is 16.7. The van der Waals surface area contributed by atoms with E-state index in [0.717, 1.165) is 11.1 Å². The van der Waals surface area contributed by atoms with Crippen molar-refractivity contribution in [2.45, 2.75) is 119 Å². The smallest absolute Gasteiger partial charge is 0.326 e. The molecule has 4 aliphatic heterocycles. The average Bonchev–Trinajstić information content (AvgIpc) is 4.11. The highest BCUT2D eigenvalue weighted by Crippen LogP contribution is 2.27. The number of carboxylic acids is 1. The summed E-state index contributed by atoms with van der Waals surface area (Å²) in [6.45, 7) is 1.29. The number of rotatable bonds is 17. The Kier molecular flexibility index (Phi) is 15.5. The number of nitrogens with two attached hydrogens (primary N) is 3. The second kappa shape index (κ2) is 21.2. The van der Waals surface area contributed by atoms with Crippen molar-refractivity contribution in [2.75, 3.05) is 32.7 Å². The van der Waals surface area contributed by atoms with Gasteiger partial charge in [0.05, 0.1) is 6.04 Å². The maximum absolute atomic E-state index is 14.6. The van der Waals surface area contributed by atoms with Gasteiger partial charge >= 0.3 is 5.97 Å². The molecule has 4 saturated heterocycles. The highest BCUT2D eigenvalue weighted by Gasteiger charge is 2.45. The summed E-state index contributed by atoms with van der Waals surface area (Å²) in [6.07, 6.45) is 4.41. The summed E-state index contributed by atoms with van der Waals surface area (Å²) in [5.74, 6) is -4.00. The van der Waals surface area contributed by atoms with Gasteiger partial charge in [-0.05, 0) is 81.8 Å². The molecule has 0 aromatic heterocycles. The Morgan fingerprint density at radius 2 is 1.06 bits per heavy atom. The number of likely N-dealkylation sites (tertiary alicyclic amines) is 4. The molecule has 0 aliphatic carbocycles. The molecule has 0 bridgehead atoms. The molecule has 18 nitrogen and oxygen atoms in total. The first kappa shape index (κ1) is 45.5. The van der Waals surface area contributed by atoms with Crippen LogP contribution in [0.5, 0.6) is 0 Å². The van der Waals surface area contributed by atoms with E-state index in [2.05, 4.69) is 15.6 Å². The number of aliphatic imine (C=N–C) groups is 1. The van der Waals surface area contributed by atoms with Crippen LogP contribution in [0.3, 0.4) is 0 Å². The van der Waals surface area contributed by atoms with Gasteiger partial charge in [-0.25, -0.2) is 4.79 Å². The Hall–Kier alpha value is -6.04. The fourth-order valence-electron chi connectivity index (χ4n) is 9.29. The van der Waals surface area contributed by atoms with Crippen LogP contribution in [-0.2, 0) is 46.4 Å². The van der Waals surface area contributed by atoms with E-state index in [-0.39, 0.29) is 50.9 Å². The molecule has 4 fully saturated rings. The lowest BCUT2D eigenvalue weighted by molar-refractivity contribution is -0.152. The van der Waals surface area contributed by atoms with E-state index in [1.54, 1.807) is 0 Å². The lowest BCUT2D eigenvalue weighted by Crippen LogP contribution is -2.59. The third-order valence-corrected chi connectivity index (χ3v) is 12.4. The van der Waals surface area contributed by atoms with Gasteiger partial charge in [0.25, 0.3) is 0 Å². The quantitative estimate of drug-likeness (QED) is 0.0694. The standard InChI is InChI=1S/C44H60N10O8/c45-30(26-28-12-3-1-4-13-28)39(57)51-22-8-17-33(51)38(56)50-32(27-29-14-5-2-6-15-29)41(59)52-23-9-18-34(52)37(55)49-31(16-7-21-48-44(46)47)40(58)53-24-10-19-35(53)42(60)54-25-11-20-36(54)43(61)62/h1-6,12-15,30-36H,7-11,16-27,45H2,(H,49,55)(H,50,56)(H,61,62)(H4,46,47,48)/t30-,31-,32-,33-,34-,35-,36-/m0/s1. The van der Waals surface area contributed by atoms with Crippen LogP contribution >= 0.6 is 0 Å². The van der Waals surface area contributed by atoms with E-state index in [0.29, 0.717) is 70.8 Å². The molecule has 6 amide bonds. The normalized spacial score (nSPS) is 22.5. The summed E-state index contributed by atoms with van der Waals surface area (Å²) < 4.78 is 0. The average molecular weight is 857 g/mol. The number of carbonyl (C=O) groups excluding carboxylic acids is 6. The second-order valence-electron chi connectivity index (χ2n) is 16.7. The van der Waals surface area contributed by atoms with E-state index in [4.69, 9.17) is 17.2 Å². The molecule has 62 heavy (non-hydrogen) atoms. The van der Waals surface area contributed by atoms with E-state index < -0.39 is 77.8 Å². The predicted octanol–water partition coefficient (Wildman–Crippen LogP) is -0.129. The summed E-state index contributed by atoms with van der Waals surface area (Å²) in [7, 11) is 0. The molecule has 0 spiro atoms. The maximum atomic E-state index is 14.6. The van der Waals surface area contributed by atoms with Crippen molar-refractivity contribution in [2.24, 2.45) is 22.2 Å². The third-order valence-electron chi connectivity index (χ3n) is 12.4. The van der Waals surface area contributed by atoms with Crippen LogP contribution < -0.4 is 27.8 Å². The molecule has 0 unspecified atom stereocenters. The Morgan fingerprint density at radius 1 is 0.613 bits per heavy atom. The van der Waals surface area contributed by atoms with Crippen molar-refractivity contribution in [3.05, 3.63) is 71.8 Å². The number of nitrogens with one attached hydrogen (secondary N) is 2. The van der Waals surface area contributed by atoms with Crippen LogP contribution in [0, 0.1) is 0 Å². The lowest BCUT2D eigenvalue weighted by atomic mass is 10.0. The van der Waals surface area contributed by atoms with E-state index >= 15 is 0 Å². The van der Waals surface area contributed by atoms with Crippen LogP contribution in [0.4, 0.5) is 0 Å². The fraction of sp³-hybridized carbons (Fsp3) is 0.545. The van der Waals surface area contributed by atoms with Crippen LogP contribution in [0.15, 0.2) is 65.7 Å². The summed E-state index contributed by atoms with van der Waals surface area (Å²) in [5, 5.41) is 15.6. The molecule has 0 radical (unpaired) electrons. The minimum absolute atomic E-state index is 0.124. The van der Waals surface area contributed by atoms with Crippen molar-refractivity contribution in [1.29, 1.82) is 0 Å². The predicted molar refractivity (Wildman–Crippen MR) is 229 cm³/mol. The zero-order valence-electron chi connectivity index (χ0n) is 35.1. The molecule has 2 aromatic rings. The van der Waals surface area contributed by atoms with Gasteiger partial charge in [-0.15, -0.1) is 0 Å². The molecule has 9 N–H and O–H groups in total. The zero-order valence-corrected chi connectivity index (χ0v) is 35.1. The van der Waals surface area contributed by atoms with Gasteiger partial charge < -0.3 is 52.5 Å². The number of hydrogen-bond donors (Lipinski definition) is 6. The molecular formula is C44H60N10O8. The summed E-state index contributed by atoms with van der Waals surface area (Å²) in [6, 6.07) is 11.9. The Bertz CT molecular complexity index is 1960. The number of carboxylic acid groups (broad SMARTS) is 1. The van der Waals surface area contributed by atoms with E-state index in [1.807, 2.05) is 60.7 Å². The van der Waals surface area contributed by atoms with Gasteiger partial charge in [-0.3, -0.25) is 33.8 Å². The SMILES string of the molecule is NC(N)=NCCC[C@H](NC(=O)[C@@H]1CCCN1C(=O)[C@H](Cc1ccccc1)NC(=O)[C@@H]1CCCN1C(=O)[C@@H](N)Cc1ccccc1)C(=O)N1CCC[C@H]1C(=O)N1CCC[C@H]1C(=O)O. The molecule has 0 saturated carbocycles.